The standard InChI is InChI=1S/C10H15N3O3S/c1-7-6-13(4-3-9(7)14)17(15,16)10-5-11-8(2)12-10/h5,7H,3-4,6H2,1-2H3,(H,11,12). The number of piperidine rings is 1. The van der Waals surface area contributed by atoms with E-state index in [9.17, 15) is 13.2 Å². The van der Waals surface area contributed by atoms with Crippen LogP contribution in [0.2, 0.25) is 0 Å². The highest BCUT2D eigenvalue weighted by Gasteiger charge is 2.33. The van der Waals surface area contributed by atoms with Gasteiger partial charge >= 0.3 is 0 Å². The van der Waals surface area contributed by atoms with Crippen molar-refractivity contribution in [1.82, 2.24) is 14.3 Å². The summed E-state index contributed by atoms with van der Waals surface area (Å²) in [4.78, 5) is 18.0. The van der Waals surface area contributed by atoms with Gasteiger partial charge in [-0.05, 0) is 6.92 Å². The van der Waals surface area contributed by atoms with Crippen molar-refractivity contribution in [3.8, 4) is 0 Å². The lowest BCUT2D eigenvalue weighted by molar-refractivity contribution is -0.124. The summed E-state index contributed by atoms with van der Waals surface area (Å²) in [6.45, 7) is 3.95. The molecule has 6 nitrogen and oxygen atoms in total. The number of ketones is 1. The molecule has 2 rings (SSSR count). The zero-order valence-corrected chi connectivity index (χ0v) is 10.6. The highest BCUT2D eigenvalue weighted by Crippen LogP contribution is 2.20. The van der Waals surface area contributed by atoms with Crippen LogP contribution in [0, 0.1) is 12.8 Å². The SMILES string of the molecule is Cc1ncc(S(=O)(=O)N2CCC(=O)C(C)C2)[nH]1. The molecule has 0 aromatic carbocycles. The van der Waals surface area contributed by atoms with Crippen LogP contribution in [0.1, 0.15) is 19.2 Å². The molecule has 1 atom stereocenters. The number of Topliss-reactive ketones (excluding diaryl/α,β-unsaturated/α-hetero) is 1. The second-order valence-corrected chi connectivity index (χ2v) is 6.22. The number of carbonyl (C=O) groups is 1. The largest absolute Gasteiger partial charge is 0.332 e. The van der Waals surface area contributed by atoms with Crippen LogP contribution < -0.4 is 0 Å². The van der Waals surface area contributed by atoms with Gasteiger partial charge in [-0.2, -0.15) is 4.31 Å². The number of aromatic amines is 1. The maximum Gasteiger partial charge on any atom is 0.260 e. The first-order valence-corrected chi connectivity index (χ1v) is 6.89. The van der Waals surface area contributed by atoms with Crippen LogP contribution in [0.3, 0.4) is 0 Å². The Labute approximate surface area is 100 Å². The lowest BCUT2D eigenvalue weighted by Crippen LogP contribution is -2.43. The highest BCUT2D eigenvalue weighted by atomic mass is 32.2. The summed E-state index contributed by atoms with van der Waals surface area (Å²) in [6.07, 6.45) is 1.60. The second-order valence-electron chi connectivity index (χ2n) is 4.31. The molecule has 1 saturated heterocycles. The second kappa shape index (κ2) is 4.23. The molecule has 0 radical (unpaired) electrons. The van der Waals surface area contributed by atoms with Crippen molar-refractivity contribution in [3.05, 3.63) is 12.0 Å². The first kappa shape index (κ1) is 12.3. The number of carbonyl (C=O) groups excluding carboxylic acids is 1. The lowest BCUT2D eigenvalue weighted by atomic mass is 10.0. The molecule has 1 aromatic heterocycles. The van der Waals surface area contributed by atoms with Crippen LogP contribution in [-0.4, -0.2) is 41.6 Å². The fourth-order valence-corrected chi connectivity index (χ4v) is 3.36. The minimum atomic E-state index is -3.53. The summed E-state index contributed by atoms with van der Waals surface area (Å²) < 4.78 is 25.7. The maximum absolute atomic E-state index is 12.2. The third-order valence-electron chi connectivity index (χ3n) is 2.93. The van der Waals surface area contributed by atoms with Crippen molar-refractivity contribution < 1.29 is 13.2 Å². The van der Waals surface area contributed by atoms with Gasteiger partial charge in [-0.15, -0.1) is 0 Å². The van der Waals surface area contributed by atoms with Crippen molar-refractivity contribution in [1.29, 1.82) is 0 Å². The predicted molar refractivity (Wildman–Crippen MR) is 60.9 cm³/mol. The van der Waals surface area contributed by atoms with Crippen LogP contribution in [0.15, 0.2) is 11.2 Å². The van der Waals surface area contributed by atoms with Gasteiger partial charge in [0.25, 0.3) is 10.0 Å². The third kappa shape index (κ3) is 2.25. The molecular formula is C10H15N3O3S. The van der Waals surface area contributed by atoms with Gasteiger partial charge in [0.05, 0.1) is 6.20 Å². The zero-order valence-electron chi connectivity index (χ0n) is 9.80. The highest BCUT2D eigenvalue weighted by molar-refractivity contribution is 7.89. The molecule has 0 bridgehead atoms. The van der Waals surface area contributed by atoms with E-state index in [1.165, 1.54) is 10.5 Å². The van der Waals surface area contributed by atoms with Crippen LogP contribution in [0.4, 0.5) is 0 Å². The minimum Gasteiger partial charge on any atom is -0.332 e. The molecule has 1 aromatic rings. The average Bonchev–Trinajstić information content (AvgIpc) is 2.69. The molecule has 0 aliphatic carbocycles. The number of nitrogens with one attached hydrogen (secondary N) is 1. The van der Waals surface area contributed by atoms with E-state index in [1.54, 1.807) is 13.8 Å². The van der Waals surface area contributed by atoms with E-state index >= 15 is 0 Å². The summed E-state index contributed by atoms with van der Waals surface area (Å²) in [5, 5.41) is 0.0940. The van der Waals surface area contributed by atoms with Crippen LogP contribution in [-0.2, 0) is 14.8 Å². The average molecular weight is 257 g/mol. The predicted octanol–water partition coefficient (Wildman–Crippen LogP) is 0.318. The quantitative estimate of drug-likeness (QED) is 0.827. The summed E-state index contributed by atoms with van der Waals surface area (Å²) >= 11 is 0. The molecule has 0 spiro atoms. The van der Waals surface area contributed by atoms with Gasteiger partial charge in [-0.3, -0.25) is 4.79 Å². The first-order chi connectivity index (χ1) is 7.91. The minimum absolute atomic E-state index is 0.0940. The smallest absolute Gasteiger partial charge is 0.260 e. The van der Waals surface area contributed by atoms with Crippen molar-refractivity contribution >= 4 is 15.8 Å². The van der Waals surface area contributed by atoms with Gasteiger partial charge in [0.1, 0.15) is 11.6 Å². The van der Waals surface area contributed by atoms with E-state index in [-0.39, 0.29) is 36.2 Å². The Hall–Kier alpha value is -1.21. The van der Waals surface area contributed by atoms with Crippen LogP contribution in [0.25, 0.3) is 0 Å². The maximum atomic E-state index is 12.2. The Balaban J connectivity index is 2.25. The van der Waals surface area contributed by atoms with E-state index in [2.05, 4.69) is 9.97 Å². The molecule has 1 unspecified atom stereocenters. The van der Waals surface area contributed by atoms with Crippen molar-refractivity contribution in [2.45, 2.75) is 25.3 Å². The van der Waals surface area contributed by atoms with E-state index < -0.39 is 10.0 Å². The molecular weight excluding hydrogens is 242 g/mol. The van der Waals surface area contributed by atoms with Crippen LogP contribution in [0.5, 0.6) is 0 Å². The number of aromatic nitrogens is 2. The van der Waals surface area contributed by atoms with E-state index in [4.69, 9.17) is 0 Å². The lowest BCUT2D eigenvalue weighted by Gasteiger charge is -2.28. The number of aryl methyl sites for hydroxylation is 1. The third-order valence-corrected chi connectivity index (χ3v) is 4.71. The van der Waals surface area contributed by atoms with Gasteiger partial charge in [0, 0.05) is 25.4 Å². The van der Waals surface area contributed by atoms with Gasteiger partial charge in [0.15, 0.2) is 5.03 Å². The number of hydrogen-bond acceptors (Lipinski definition) is 4. The summed E-state index contributed by atoms with van der Waals surface area (Å²) in [5.74, 6) is 0.449. The normalized spacial score (nSPS) is 22.9. The Bertz CT molecular complexity index is 535. The van der Waals surface area contributed by atoms with Gasteiger partial charge in [-0.1, -0.05) is 6.92 Å². The molecule has 1 aliphatic heterocycles. The number of imidazole rings is 1. The fraction of sp³-hybridized carbons (Fsp3) is 0.600. The van der Waals surface area contributed by atoms with E-state index in [1.807, 2.05) is 0 Å². The number of hydrogen-bond donors (Lipinski definition) is 1. The molecule has 94 valence electrons. The number of nitrogens with zero attached hydrogens (tertiary/aromatic N) is 2. The number of H-pyrrole nitrogens is 1. The molecule has 17 heavy (non-hydrogen) atoms. The topological polar surface area (TPSA) is 83.1 Å². The molecule has 1 fully saturated rings. The number of rotatable bonds is 2. The molecule has 1 N–H and O–H groups in total. The Morgan fingerprint density at radius 2 is 2.24 bits per heavy atom. The van der Waals surface area contributed by atoms with E-state index in [0.29, 0.717) is 5.82 Å². The van der Waals surface area contributed by atoms with Gasteiger partial charge < -0.3 is 4.98 Å². The molecule has 0 saturated carbocycles. The summed E-state index contributed by atoms with van der Waals surface area (Å²) in [5.41, 5.74) is 0. The Morgan fingerprint density at radius 1 is 1.53 bits per heavy atom. The Morgan fingerprint density at radius 3 is 2.76 bits per heavy atom. The summed E-state index contributed by atoms with van der Waals surface area (Å²) in [7, 11) is -3.53. The summed E-state index contributed by atoms with van der Waals surface area (Å²) in [6, 6.07) is 0. The molecule has 1 aliphatic rings. The van der Waals surface area contributed by atoms with Crippen molar-refractivity contribution in [2.24, 2.45) is 5.92 Å². The monoisotopic (exact) mass is 257 g/mol. The van der Waals surface area contributed by atoms with E-state index in [0.717, 1.165) is 0 Å². The van der Waals surface area contributed by atoms with Crippen LogP contribution >= 0.6 is 0 Å². The molecule has 0 amide bonds. The zero-order chi connectivity index (χ0) is 12.6. The van der Waals surface area contributed by atoms with Crippen molar-refractivity contribution in [3.63, 3.8) is 0 Å². The Kier molecular flexibility index (Phi) is 3.05. The molecule has 2 heterocycles. The molecule has 7 heteroatoms. The fourth-order valence-electron chi connectivity index (χ4n) is 1.87. The van der Waals surface area contributed by atoms with Crippen molar-refractivity contribution in [2.75, 3.05) is 13.1 Å². The first-order valence-electron chi connectivity index (χ1n) is 5.45. The van der Waals surface area contributed by atoms with Gasteiger partial charge in [0.2, 0.25) is 0 Å². The number of sulfonamides is 1. The van der Waals surface area contributed by atoms with Gasteiger partial charge in [-0.25, -0.2) is 13.4 Å².